The van der Waals surface area contributed by atoms with E-state index in [1.165, 1.54) is 16.7 Å². The van der Waals surface area contributed by atoms with Gasteiger partial charge in [0.2, 0.25) is 11.8 Å². The molecule has 1 saturated heterocycles. The third-order valence-electron chi connectivity index (χ3n) is 6.72. The number of carbonyl (C=O) groups is 3. The second-order valence-electron chi connectivity index (χ2n) is 9.27. The maximum absolute atomic E-state index is 13.8. The molecule has 3 heterocycles. The number of thiazole rings is 1. The van der Waals surface area contributed by atoms with Crippen molar-refractivity contribution in [3.63, 3.8) is 0 Å². The maximum Gasteiger partial charge on any atom is 0.305 e. The summed E-state index contributed by atoms with van der Waals surface area (Å²) in [4.78, 5) is 56.5. The molecule has 1 aromatic heterocycles. The molecule has 0 radical (unpaired) electrons. The van der Waals surface area contributed by atoms with Crippen molar-refractivity contribution < 1.29 is 19.1 Å². The van der Waals surface area contributed by atoms with Crippen LogP contribution in [-0.2, 0) is 14.4 Å². The van der Waals surface area contributed by atoms with Gasteiger partial charge in [-0.25, -0.2) is 4.90 Å². The molecule has 0 bridgehead atoms. The fraction of sp³-hybridized carbons (Fsp3) is 0.143. The fourth-order valence-electron chi connectivity index (χ4n) is 4.91. The van der Waals surface area contributed by atoms with Crippen molar-refractivity contribution in [2.75, 3.05) is 16.8 Å². The van der Waals surface area contributed by atoms with Crippen LogP contribution in [0.25, 0.3) is 0 Å². The molecule has 3 aromatic carbocycles. The number of hydrogen-bond donors (Lipinski definition) is 2. The topological polar surface area (TPSA) is 109 Å². The highest BCUT2D eigenvalue weighted by molar-refractivity contribution is 9.10. The lowest BCUT2D eigenvalue weighted by Crippen LogP contribution is -2.32. The molecule has 13 heteroatoms. The number of halogens is 3. The average Bonchev–Trinajstić information content (AvgIpc) is 3.44. The Morgan fingerprint density at radius 3 is 2.41 bits per heavy atom. The van der Waals surface area contributed by atoms with Gasteiger partial charge in [0.05, 0.1) is 26.7 Å². The molecule has 3 unspecified atom stereocenters. The van der Waals surface area contributed by atoms with Crippen LogP contribution in [0.2, 0.25) is 10.0 Å². The third kappa shape index (κ3) is 5.44. The highest BCUT2D eigenvalue weighted by Gasteiger charge is 2.56. The van der Waals surface area contributed by atoms with E-state index >= 15 is 0 Å². The number of aromatic amines is 1. The van der Waals surface area contributed by atoms with Gasteiger partial charge in [-0.3, -0.25) is 19.2 Å². The summed E-state index contributed by atoms with van der Waals surface area (Å²) in [6.07, 6.45) is 0. The van der Waals surface area contributed by atoms with E-state index in [1.807, 2.05) is 0 Å². The SMILES string of the molecule is O=C(COc1ccc(C2c3sc(=O)[nH]c3SC3C(=O)N(c4ccc(Br)cc4)C(=O)C32)cc1)Nc1ccc(Cl)c(Cl)c1. The number of imide groups is 1. The predicted octanol–water partition coefficient (Wildman–Crippen LogP) is 6.32. The zero-order valence-electron chi connectivity index (χ0n) is 20.7. The zero-order valence-corrected chi connectivity index (χ0v) is 25.5. The second-order valence-corrected chi connectivity index (χ2v) is 13.2. The summed E-state index contributed by atoms with van der Waals surface area (Å²) in [7, 11) is 0. The van der Waals surface area contributed by atoms with E-state index in [0.717, 1.165) is 26.3 Å². The van der Waals surface area contributed by atoms with Crippen LogP contribution in [0.1, 0.15) is 16.4 Å². The molecule has 4 aromatic rings. The quantitative estimate of drug-likeness (QED) is 0.229. The molecule has 3 atom stereocenters. The van der Waals surface area contributed by atoms with Gasteiger partial charge in [-0.2, -0.15) is 0 Å². The molecule has 0 aliphatic carbocycles. The highest BCUT2D eigenvalue weighted by Crippen LogP contribution is 2.53. The van der Waals surface area contributed by atoms with Crippen LogP contribution in [-0.4, -0.2) is 34.6 Å². The first kappa shape index (κ1) is 28.0. The minimum atomic E-state index is -0.696. The first-order valence-corrected chi connectivity index (χ1v) is 15.4. The number of aromatic nitrogens is 1. The number of rotatable bonds is 6. The zero-order chi connectivity index (χ0) is 28.8. The van der Waals surface area contributed by atoms with Crippen molar-refractivity contribution in [3.8, 4) is 5.75 Å². The molecule has 0 spiro atoms. The van der Waals surface area contributed by atoms with E-state index in [1.54, 1.807) is 66.7 Å². The predicted molar refractivity (Wildman–Crippen MR) is 164 cm³/mol. The largest absolute Gasteiger partial charge is 0.484 e. The number of carbonyl (C=O) groups excluding carboxylic acids is 3. The van der Waals surface area contributed by atoms with E-state index in [9.17, 15) is 19.2 Å². The summed E-state index contributed by atoms with van der Waals surface area (Å²) < 4.78 is 6.49. The monoisotopic (exact) mass is 689 g/mol. The van der Waals surface area contributed by atoms with Crippen molar-refractivity contribution in [2.45, 2.75) is 16.2 Å². The van der Waals surface area contributed by atoms with Crippen LogP contribution in [0.15, 0.2) is 81.0 Å². The molecule has 41 heavy (non-hydrogen) atoms. The molecule has 2 aliphatic heterocycles. The van der Waals surface area contributed by atoms with Gasteiger partial charge >= 0.3 is 4.87 Å². The van der Waals surface area contributed by atoms with Crippen molar-refractivity contribution in [1.29, 1.82) is 0 Å². The number of H-pyrrole nitrogens is 1. The smallest absolute Gasteiger partial charge is 0.305 e. The van der Waals surface area contributed by atoms with Crippen LogP contribution in [0.5, 0.6) is 5.75 Å². The number of nitrogens with one attached hydrogen (secondary N) is 2. The standard InChI is InChI=1S/C28H18BrCl2N3O5S2/c29-14-3-6-16(7-4-14)34-26(36)22-21(23-25(33-28(38)41-23)40-24(22)27(34)37)13-1-8-17(9-2-13)39-12-20(35)32-15-5-10-18(30)19(31)11-15/h1-11,21-22,24H,12H2,(H,32,35)(H,33,38). The number of ether oxygens (including phenoxy) is 1. The molecule has 0 saturated carbocycles. The van der Waals surface area contributed by atoms with E-state index in [2.05, 4.69) is 26.2 Å². The van der Waals surface area contributed by atoms with Gasteiger partial charge in [0.1, 0.15) is 11.0 Å². The van der Waals surface area contributed by atoms with Crippen LogP contribution in [0, 0.1) is 5.92 Å². The summed E-state index contributed by atoms with van der Waals surface area (Å²) in [5, 5.41) is 3.31. The first-order valence-electron chi connectivity index (χ1n) is 12.2. The van der Waals surface area contributed by atoms with Gasteiger partial charge in [0, 0.05) is 21.0 Å². The molecule has 2 N–H and O–H groups in total. The van der Waals surface area contributed by atoms with Gasteiger partial charge in [-0.05, 0) is 60.2 Å². The summed E-state index contributed by atoms with van der Waals surface area (Å²) in [6.45, 7) is -0.247. The van der Waals surface area contributed by atoms with Gasteiger partial charge in [0.25, 0.3) is 5.91 Å². The van der Waals surface area contributed by atoms with E-state index < -0.39 is 17.1 Å². The Balaban J connectivity index is 1.23. The van der Waals surface area contributed by atoms with Crippen molar-refractivity contribution in [3.05, 3.63) is 101 Å². The lowest BCUT2D eigenvalue weighted by molar-refractivity contribution is -0.122. The van der Waals surface area contributed by atoms with E-state index in [0.29, 0.717) is 32.2 Å². The van der Waals surface area contributed by atoms with Crippen LogP contribution < -0.4 is 19.8 Å². The Labute approximate surface area is 260 Å². The highest BCUT2D eigenvalue weighted by atomic mass is 79.9. The fourth-order valence-corrected chi connectivity index (χ4v) is 7.99. The normalized spacial score (nSPS) is 19.6. The Morgan fingerprint density at radius 1 is 0.976 bits per heavy atom. The van der Waals surface area contributed by atoms with E-state index in [4.69, 9.17) is 27.9 Å². The lowest BCUT2D eigenvalue weighted by Gasteiger charge is -2.29. The minimum absolute atomic E-state index is 0.245. The molecule has 1 fully saturated rings. The summed E-state index contributed by atoms with van der Waals surface area (Å²) in [6, 6.07) is 18.7. The average molecular weight is 691 g/mol. The Kier molecular flexibility index (Phi) is 7.73. The molecular formula is C28H18BrCl2N3O5S2. The lowest BCUT2D eigenvalue weighted by atomic mass is 9.83. The number of fused-ring (bicyclic) bond motifs is 2. The van der Waals surface area contributed by atoms with Gasteiger partial charge < -0.3 is 15.0 Å². The Hall–Kier alpha value is -3.09. The summed E-state index contributed by atoms with van der Waals surface area (Å²) >= 11 is 17.6. The van der Waals surface area contributed by atoms with Crippen LogP contribution in [0.3, 0.4) is 0 Å². The number of amides is 3. The van der Waals surface area contributed by atoms with Gasteiger partial charge in [0.15, 0.2) is 6.61 Å². The number of anilines is 2. The first-order chi connectivity index (χ1) is 19.7. The van der Waals surface area contributed by atoms with Crippen molar-refractivity contribution >= 4 is 91.3 Å². The van der Waals surface area contributed by atoms with E-state index in [-0.39, 0.29) is 29.2 Å². The van der Waals surface area contributed by atoms with Crippen molar-refractivity contribution in [1.82, 2.24) is 4.98 Å². The second kappa shape index (κ2) is 11.3. The Bertz CT molecular complexity index is 1740. The van der Waals surface area contributed by atoms with Crippen LogP contribution >= 0.6 is 62.2 Å². The molecular weight excluding hydrogens is 673 g/mol. The van der Waals surface area contributed by atoms with Crippen molar-refractivity contribution in [2.24, 2.45) is 5.92 Å². The number of benzene rings is 3. The molecule has 3 amide bonds. The van der Waals surface area contributed by atoms with Crippen LogP contribution in [0.4, 0.5) is 11.4 Å². The van der Waals surface area contributed by atoms with Gasteiger partial charge in [-0.15, -0.1) is 0 Å². The minimum Gasteiger partial charge on any atom is -0.484 e. The third-order valence-corrected chi connectivity index (χ3v) is 10.4. The summed E-state index contributed by atoms with van der Waals surface area (Å²) in [5.41, 5.74) is 1.74. The molecule has 208 valence electrons. The number of nitrogens with zero attached hydrogens (tertiary/aromatic N) is 1. The number of hydrogen-bond acceptors (Lipinski definition) is 7. The molecule has 2 aliphatic rings. The maximum atomic E-state index is 13.8. The molecule has 8 nitrogen and oxygen atoms in total. The Morgan fingerprint density at radius 2 is 1.71 bits per heavy atom. The van der Waals surface area contributed by atoms with Gasteiger partial charge in [-0.1, -0.05) is 74.4 Å². The number of thioether (sulfide) groups is 1. The molecule has 6 rings (SSSR count). The summed E-state index contributed by atoms with van der Waals surface area (Å²) in [5.74, 6) is -1.78.